The zero-order chi connectivity index (χ0) is 41.1. The fourth-order valence-corrected chi connectivity index (χ4v) is 8.91. The van der Waals surface area contributed by atoms with E-state index in [-0.39, 0.29) is 11.8 Å². The highest BCUT2D eigenvalue weighted by molar-refractivity contribution is 9.10. The number of H-pyrrole nitrogens is 4. The Hall–Kier alpha value is -4.80. The number of benzene rings is 2. The minimum absolute atomic E-state index is 0.0271. The van der Waals surface area contributed by atoms with E-state index in [0.717, 1.165) is 44.6 Å². The van der Waals surface area contributed by atoms with E-state index in [0.29, 0.717) is 26.2 Å². The van der Waals surface area contributed by atoms with Gasteiger partial charge < -0.3 is 19.9 Å². The van der Waals surface area contributed by atoms with Crippen molar-refractivity contribution in [1.82, 2.24) is 19.9 Å². The topological polar surface area (TPSA) is 113 Å². The van der Waals surface area contributed by atoms with E-state index in [4.69, 9.17) is 20.0 Å². The van der Waals surface area contributed by atoms with Crippen LogP contribution in [0, 0.1) is 55.4 Å². The minimum atomic E-state index is -0.0271. The molecule has 58 heavy (non-hydrogen) atoms. The van der Waals surface area contributed by atoms with E-state index in [1.165, 1.54) is 78.4 Å². The van der Waals surface area contributed by atoms with Gasteiger partial charge in [0.25, 0.3) is 0 Å². The molecule has 0 aliphatic carbocycles. The van der Waals surface area contributed by atoms with Crippen LogP contribution in [0.2, 0.25) is 0 Å². The van der Waals surface area contributed by atoms with Crippen LogP contribution < -0.4 is 0 Å². The van der Waals surface area contributed by atoms with Crippen molar-refractivity contribution in [3.63, 3.8) is 0 Å². The van der Waals surface area contributed by atoms with Crippen LogP contribution in [-0.2, 0) is 0 Å². The maximum Gasteiger partial charge on any atom is 0.0647 e. The number of aliphatic imine (C=N–C) groups is 4. The largest absolute Gasteiger partial charge is 0.356 e. The molecule has 5 heterocycles. The highest BCUT2D eigenvalue weighted by atomic mass is 79.9. The summed E-state index contributed by atoms with van der Waals surface area (Å²) in [6.45, 7) is 20.3. The molecule has 0 radical (unpaired) electrons. The third-order valence-electron chi connectivity index (χ3n) is 12.1. The normalized spacial score (nSPS) is 16.8. The molecule has 0 saturated carbocycles. The van der Waals surface area contributed by atoms with Crippen molar-refractivity contribution in [2.45, 2.75) is 80.1 Å². The lowest BCUT2D eigenvalue weighted by Crippen LogP contribution is -2.08. The van der Waals surface area contributed by atoms with Crippen molar-refractivity contribution >= 4 is 56.7 Å². The highest BCUT2D eigenvalue weighted by Crippen LogP contribution is 2.40. The second-order valence-corrected chi connectivity index (χ2v) is 17.5. The van der Waals surface area contributed by atoms with E-state index >= 15 is 0 Å². The van der Waals surface area contributed by atoms with Gasteiger partial charge in [-0.2, -0.15) is 0 Å². The van der Waals surface area contributed by atoms with Crippen LogP contribution in [0.1, 0.15) is 126 Å². The predicted molar refractivity (Wildman–Crippen MR) is 250 cm³/mol. The molecule has 8 nitrogen and oxygen atoms in total. The summed E-state index contributed by atoms with van der Waals surface area (Å²) in [6.07, 6.45) is 9.70. The Morgan fingerprint density at radius 3 is 0.948 bits per heavy atom. The number of hydrogen-bond acceptors (Lipinski definition) is 4. The molecule has 300 valence electrons. The van der Waals surface area contributed by atoms with E-state index < -0.39 is 0 Å². The van der Waals surface area contributed by atoms with Crippen molar-refractivity contribution in [2.24, 2.45) is 20.0 Å². The average molecular weight is 903 g/mol. The van der Waals surface area contributed by atoms with E-state index in [2.05, 4.69) is 156 Å². The maximum absolute atomic E-state index is 4.87. The molecule has 0 unspecified atom stereocenters. The second-order valence-electron chi connectivity index (χ2n) is 15.6. The molecular weight excluding hydrogens is 848 g/mol. The van der Waals surface area contributed by atoms with Gasteiger partial charge in [0.05, 0.1) is 34.6 Å². The van der Waals surface area contributed by atoms with Gasteiger partial charge in [0.2, 0.25) is 0 Å². The molecule has 1 aliphatic heterocycles. The first-order chi connectivity index (χ1) is 27.9. The smallest absolute Gasteiger partial charge is 0.0647 e. The van der Waals surface area contributed by atoms with Gasteiger partial charge in [0, 0.05) is 82.8 Å². The summed E-state index contributed by atoms with van der Waals surface area (Å²) in [5, 5.41) is 0. The van der Waals surface area contributed by atoms with Crippen LogP contribution >= 0.6 is 31.9 Å². The summed E-state index contributed by atoms with van der Waals surface area (Å²) in [4.78, 5) is 34.7. The maximum atomic E-state index is 4.87. The van der Waals surface area contributed by atoms with Gasteiger partial charge >= 0.3 is 0 Å². The van der Waals surface area contributed by atoms with Crippen LogP contribution in [0.25, 0.3) is 0 Å². The van der Waals surface area contributed by atoms with Crippen molar-refractivity contribution in [1.29, 1.82) is 0 Å². The second kappa shape index (κ2) is 18.0. The molecule has 0 fully saturated rings. The zero-order valence-electron chi connectivity index (χ0n) is 34.9. The van der Waals surface area contributed by atoms with Gasteiger partial charge in [-0.1, -0.05) is 56.1 Å². The van der Waals surface area contributed by atoms with Crippen LogP contribution in [0.5, 0.6) is 0 Å². The van der Waals surface area contributed by atoms with Crippen molar-refractivity contribution in [3.8, 4) is 0 Å². The Bertz CT molecular complexity index is 2250. The number of halogens is 2. The fourth-order valence-electron chi connectivity index (χ4n) is 8.08. The molecule has 6 aromatic rings. The fraction of sp³-hybridized carbons (Fsp3) is 0.333. The van der Waals surface area contributed by atoms with Crippen molar-refractivity contribution in [3.05, 3.63) is 159 Å². The Kier molecular flexibility index (Phi) is 12.8. The first-order valence-corrected chi connectivity index (χ1v) is 21.8. The summed E-state index contributed by atoms with van der Waals surface area (Å²) in [7, 11) is 0. The van der Waals surface area contributed by atoms with E-state index in [1.54, 1.807) is 0 Å². The number of rotatable bonds is 2. The average Bonchev–Trinajstić information content (AvgIpc) is 3.85. The number of hydrogen-bond donors (Lipinski definition) is 4. The standard InChI is InChI=1S/C48H54Br2N8/c1-27-31(5)45-43(35-13-9-15-37(49)21-35)46-32(6)28(2)40(56-46)24-53-19-12-20-54-26-42-30(4)34(8)48(58-42)44(36-14-10-16-38(50)22-36)47-33(7)29(3)41(57-47)25-52-18-11-17-51-23-39(27)55-45/h9-10,13-16,21-26,43-44,55-58H,11-12,17-20H2,1-8H3. The van der Waals surface area contributed by atoms with Gasteiger partial charge in [-0.25, -0.2) is 0 Å². The van der Waals surface area contributed by atoms with E-state index in [9.17, 15) is 0 Å². The quantitative estimate of drug-likeness (QED) is 0.133. The lowest BCUT2D eigenvalue weighted by Gasteiger charge is -2.19. The number of nitrogens with zero attached hydrogens (tertiary/aromatic N) is 4. The summed E-state index contributed by atoms with van der Waals surface area (Å²) < 4.78 is 2.10. The van der Waals surface area contributed by atoms with Crippen molar-refractivity contribution < 1.29 is 0 Å². The van der Waals surface area contributed by atoms with E-state index in [1.807, 2.05) is 24.9 Å². The van der Waals surface area contributed by atoms with Gasteiger partial charge in [0.1, 0.15) is 0 Å². The van der Waals surface area contributed by atoms with Gasteiger partial charge in [0.15, 0.2) is 0 Å². The highest BCUT2D eigenvalue weighted by Gasteiger charge is 2.29. The molecule has 4 aromatic heterocycles. The zero-order valence-corrected chi connectivity index (χ0v) is 38.0. The first kappa shape index (κ1) is 41.4. The third-order valence-corrected chi connectivity index (χ3v) is 13.1. The number of fused-ring (bicyclic) bond motifs is 8. The molecule has 10 heteroatoms. The molecule has 0 atom stereocenters. The minimum Gasteiger partial charge on any atom is -0.356 e. The van der Waals surface area contributed by atoms with Gasteiger partial charge in [-0.05, 0) is 148 Å². The molecular formula is C48H54Br2N8. The first-order valence-electron chi connectivity index (χ1n) is 20.2. The molecule has 4 N–H and O–H groups in total. The molecule has 7 rings (SSSR count). The Morgan fingerprint density at radius 2 is 0.690 bits per heavy atom. The number of aromatic nitrogens is 4. The molecule has 0 amide bonds. The van der Waals surface area contributed by atoms with Gasteiger partial charge in [-0.15, -0.1) is 0 Å². The molecule has 0 saturated heterocycles. The Morgan fingerprint density at radius 1 is 0.414 bits per heavy atom. The summed E-state index contributed by atoms with van der Waals surface area (Å²) in [5.74, 6) is -0.0541. The molecule has 2 aromatic carbocycles. The summed E-state index contributed by atoms with van der Waals surface area (Å²) in [6, 6.07) is 17.2. The number of aromatic amines is 4. The van der Waals surface area contributed by atoms with Crippen LogP contribution in [0.15, 0.2) is 77.4 Å². The van der Waals surface area contributed by atoms with Crippen LogP contribution in [0.3, 0.4) is 0 Å². The predicted octanol–water partition coefficient (Wildman–Crippen LogP) is 11.5. The summed E-state index contributed by atoms with van der Waals surface area (Å²) >= 11 is 7.48. The van der Waals surface area contributed by atoms with Crippen LogP contribution in [-0.4, -0.2) is 71.0 Å². The van der Waals surface area contributed by atoms with Gasteiger partial charge in [-0.3, -0.25) is 20.0 Å². The lowest BCUT2D eigenvalue weighted by molar-refractivity contribution is 0.847. The molecule has 1 aliphatic rings. The van der Waals surface area contributed by atoms with Crippen molar-refractivity contribution in [2.75, 3.05) is 26.2 Å². The molecule has 8 bridgehead atoms. The van der Waals surface area contributed by atoms with Crippen LogP contribution in [0.4, 0.5) is 0 Å². The third kappa shape index (κ3) is 8.50. The monoisotopic (exact) mass is 900 g/mol. The lowest BCUT2D eigenvalue weighted by atomic mass is 9.88. The SMILES string of the molecule is Cc1c2[nH]c(c1C)C(c1cccc(Br)c1)c1[nH]c(c(C)c1C)C=NCCCN=Cc1[nH]c(c(C)c1C)C(c1cccc(Br)c1)c1[nH]c(c(C)c1C)C=NCCCN=C2. The number of nitrogens with one attached hydrogen (secondary N) is 4. The Labute approximate surface area is 359 Å². The Balaban J connectivity index is 1.25. The molecule has 0 spiro atoms. The summed E-state index contributed by atoms with van der Waals surface area (Å²) in [5.41, 5.74) is 21.0.